The number of aromatic nitrogens is 2. The number of phenols is 1. The highest BCUT2D eigenvalue weighted by molar-refractivity contribution is 9.11. The van der Waals surface area contributed by atoms with Gasteiger partial charge in [-0.05, 0) is 34.1 Å². The zero-order valence-corrected chi connectivity index (χ0v) is 11.3. The van der Waals surface area contributed by atoms with Crippen LogP contribution in [0.4, 0.5) is 5.13 Å². The molecule has 2 N–H and O–H groups in total. The second-order valence-electron chi connectivity index (χ2n) is 2.98. The zero-order chi connectivity index (χ0) is 12.4. The van der Waals surface area contributed by atoms with Gasteiger partial charge in [0.2, 0.25) is 5.13 Å². The highest BCUT2D eigenvalue weighted by Crippen LogP contribution is 2.24. The molecule has 0 aliphatic rings. The maximum Gasteiger partial charge on any atom is 0.261 e. The summed E-state index contributed by atoms with van der Waals surface area (Å²) in [6, 6.07) is 4.23. The molecule has 1 heterocycles. The first kappa shape index (κ1) is 12.3. The lowest BCUT2D eigenvalue weighted by Gasteiger charge is -2.03. The second kappa shape index (κ2) is 4.99. The monoisotopic (exact) mass is 333 g/mol. The smallest absolute Gasteiger partial charge is 0.261 e. The van der Waals surface area contributed by atoms with Gasteiger partial charge < -0.3 is 5.11 Å². The molecule has 0 bridgehead atoms. The van der Waals surface area contributed by atoms with Crippen LogP contribution in [0.5, 0.6) is 5.75 Å². The van der Waals surface area contributed by atoms with Crippen molar-refractivity contribution in [3.05, 3.63) is 32.7 Å². The van der Waals surface area contributed by atoms with E-state index in [1.54, 1.807) is 0 Å². The fraction of sp³-hybridized carbons (Fsp3) is 0. The molecule has 0 saturated carbocycles. The summed E-state index contributed by atoms with van der Waals surface area (Å²) in [4.78, 5) is 11.8. The molecule has 0 unspecified atom stereocenters. The van der Waals surface area contributed by atoms with E-state index in [9.17, 15) is 9.90 Å². The van der Waals surface area contributed by atoms with E-state index in [4.69, 9.17) is 11.6 Å². The Morgan fingerprint density at radius 1 is 1.47 bits per heavy atom. The maximum absolute atomic E-state index is 11.8. The molecule has 5 nitrogen and oxygen atoms in total. The Balaban J connectivity index is 2.22. The van der Waals surface area contributed by atoms with Gasteiger partial charge in [-0.2, -0.15) is 0 Å². The molecule has 0 aliphatic heterocycles. The van der Waals surface area contributed by atoms with Crippen LogP contribution in [0.15, 0.2) is 22.1 Å². The number of phenolic OH excluding ortho intramolecular Hbond substituents is 1. The van der Waals surface area contributed by atoms with Crippen LogP contribution in [0, 0.1) is 0 Å². The molecule has 0 radical (unpaired) electrons. The van der Waals surface area contributed by atoms with E-state index in [0.717, 1.165) is 0 Å². The lowest BCUT2D eigenvalue weighted by atomic mass is 10.2. The van der Waals surface area contributed by atoms with Crippen LogP contribution in [0.3, 0.4) is 0 Å². The third kappa shape index (κ3) is 2.93. The number of carbonyl (C=O) groups excluding carboxylic acids is 1. The largest absolute Gasteiger partial charge is 0.507 e. The summed E-state index contributed by atoms with van der Waals surface area (Å²) in [6.07, 6.45) is 0. The molecule has 0 fully saturated rings. The molecular weight excluding hydrogens is 330 g/mol. The van der Waals surface area contributed by atoms with Gasteiger partial charge in [0.15, 0.2) is 3.92 Å². The number of aromatic hydroxyl groups is 1. The molecule has 0 spiro atoms. The van der Waals surface area contributed by atoms with Gasteiger partial charge in [0.1, 0.15) is 5.75 Å². The van der Waals surface area contributed by atoms with Crippen molar-refractivity contribution in [1.29, 1.82) is 0 Å². The predicted octanol–water partition coefficient (Wildman–Crippen LogP) is 2.91. The number of hydrogen-bond acceptors (Lipinski definition) is 5. The molecule has 1 aromatic heterocycles. The first-order valence-corrected chi connectivity index (χ1v) is 6.34. The fourth-order valence-corrected chi connectivity index (χ4v) is 2.29. The first-order chi connectivity index (χ1) is 8.06. The van der Waals surface area contributed by atoms with Crippen LogP contribution < -0.4 is 5.32 Å². The van der Waals surface area contributed by atoms with Gasteiger partial charge in [0.25, 0.3) is 5.91 Å². The summed E-state index contributed by atoms with van der Waals surface area (Å²) in [5.74, 6) is -0.635. The number of nitrogens with zero attached hydrogens (tertiary/aromatic N) is 2. The lowest BCUT2D eigenvalue weighted by Crippen LogP contribution is -2.11. The lowest BCUT2D eigenvalue weighted by molar-refractivity contribution is 0.102. The Morgan fingerprint density at radius 3 is 2.88 bits per heavy atom. The van der Waals surface area contributed by atoms with Gasteiger partial charge in [-0.1, -0.05) is 22.9 Å². The van der Waals surface area contributed by atoms with Gasteiger partial charge in [-0.25, -0.2) is 0 Å². The Kier molecular flexibility index (Phi) is 3.60. The minimum absolute atomic E-state index is 0.0869. The molecule has 0 aliphatic carbocycles. The molecular formula is C9H5BrClN3O2S. The van der Waals surface area contributed by atoms with Crippen molar-refractivity contribution in [2.45, 2.75) is 0 Å². The van der Waals surface area contributed by atoms with Crippen molar-refractivity contribution in [3.8, 4) is 5.75 Å². The molecule has 17 heavy (non-hydrogen) atoms. The van der Waals surface area contributed by atoms with Crippen molar-refractivity contribution in [3.63, 3.8) is 0 Å². The van der Waals surface area contributed by atoms with E-state index in [0.29, 0.717) is 14.1 Å². The standard InChI is InChI=1S/C9H5BrClN3O2S/c10-8-13-14-9(17-8)12-7(16)5-3-4(11)1-2-6(5)15/h1-3,15H,(H,12,14,16). The number of amides is 1. The van der Waals surface area contributed by atoms with Crippen molar-refractivity contribution < 1.29 is 9.90 Å². The maximum atomic E-state index is 11.8. The van der Waals surface area contributed by atoms with E-state index in [-0.39, 0.29) is 11.3 Å². The third-order valence-corrected chi connectivity index (χ3v) is 3.33. The summed E-state index contributed by atoms with van der Waals surface area (Å²) >= 11 is 10.0. The Morgan fingerprint density at radius 2 is 2.24 bits per heavy atom. The van der Waals surface area contributed by atoms with E-state index in [1.165, 1.54) is 29.5 Å². The van der Waals surface area contributed by atoms with Crippen LogP contribution >= 0.6 is 38.9 Å². The first-order valence-electron chi connectivity index (χ1n) is 4.35. The molecule has 0 atom stereocenters. The fourth-order valence-electron chi connectivity index (χ4n) is 1.11. The van der Waals surface area contributed by atoms with Gasteiger partial charge in [-0.15, -0.1) is 10.2 Å². The summed E-state index contributed by atoms with van der Waals surface area (Å²) < 4.78 is 0.558. The average Bonchev–Trinajstić information content (AvgIpc) is 2.67. The van der Waals surface area contributed by atoms with Gasteiger partial charge in [0.05, 0.1) is 5.56 Å². The van der Waals surface area contributed by atoms with Crippen molar-refractivity contribution in [2.75, 3.05) is 5.32 Å². The topological polar surface area (TPSA) is 75.1 Å². The summed E-state index contributed by atoms with van der Waals surface area (Å²) in [7, 11) is 0. The number of benzene rings is 1. The minimum atomic E-state index is -0.492. The summed E-state index contributed by atoms with van der Waals surface area (Å²) in [6.45, 7) is 0. The van der Waals surface area contributed by atoms with Crippen molar-refractivity contribution in [2.24, 2.45) is 0 Å². The minimum Gasteiger partial charge on any atom is -0.507 e. The van der Waals surface area contributed by atoms with E-state index >= 15 is 0 Å². The SMILES string of the molecule is O=C(Nc1nnc(Br)s1)c1cc(Cl)ccc1O. The average molecular weight is 335 g/mol. The predicted molar refractivity (Wildman–Crippen MR) is 68.7 cm³/mol. The molecule has 8 heteroatoms. The number of rotatable bonds is 2. The van der Waals surface area contributed by atoms with E-state index in [1.807, 2.05) is 0 Å². The number of carbonyl (C=O) groups is 1. The molecule has 0 saturated heterocycles. The number of hydrogen-bond donors (Lipinski definition) is 2. The number of nitrogens with one attached hydrogen (secondary N) is 1. The third-order valence-electron chi connectivity index (χ3n) is 1.82. The summed E-state index contributed by atoms with van der Waals surface area (Å²) in [5.41, 5.74) is 0.0869. The van der Waals surface area contributed by atoms with E-state index < -0.39 is 5.91 Å². The van der Waals surface area contributed by atoms with Crippen molar-refractivity contribution in [1.82, 2.24) is 10.2 Å². The highest BCUT2D eigenvalue weighted by Gasteiger charge is 2.13. The molecule has 2 rings (SSSR count). The number of halogens is 2. The quantitative estimate of drug-likeness (QED) is 0.885. The Bertz CT molecular complexity index is 575. The Hall–Kier alpha value is -1.18. The Labute approximate surface area is 114 Å². The zero-order valence-electron chi connectivity index (χ0n) is 8.15. The number of anilines is 1. The van der Waals surface area contributed by atoms with Gasteiger partial charge >= 0.3 is 0 Å². The van der Waals surface area contributed by atoms with Gasteiger partial charge in [0, 0.05) is 5.02 Å². The van der Waals surface area contributed by atoms with Crippen molar-refractivity contribution >= 4 is 49.9 Å². The molecule has 2 aromatic rings. The highest BCUT2D eigenvalue weighted by atomic mass is 79.9. The van der Waals surface area contributed by atoms with Crippen LogP contribution in [-0.4, -0.2) is 21.2 Å². The molecule has 1 aromatic carbocycles. The van der Waals surface area contributed by atoms with E-state index in [2.05, 4.69) is 31.4 Å². The van der Waals surface area contributed by atoms with Crippen LogP contribution in [-0.2, 0) is 0 Å². The van der Waals surface area contributed by atoms with Crippen LogP contribution in [0.25, 0.3) is 0 Å². The van der Waals surface area contributed by atoms with Crippen LogP contribution in [0.1, 0.15) is 10.4 Å². The molecule has 1 amide bonds. The normalized spacial score (nSPS) is 10.2. The van der Waals surface area contributed by atoms with Crippen LogP contribution in [0.2, 0.25) is 5.02 Å². The van der Waals surface area contributed by atoms with Gasteiger partial charge in [-0.3, -0.25) is 10.1 Å². The second-order valence-corrected chi connectivity index (χ2v) is 5.67. The summed E-state index contributed by atoms with van der Waals surface area (Å²) in [5, 5.41) is 20.1. The molecule has 88 valence electrons.